The van der Waals surface area contributed by atoms with Crippen LogP contribution in [-0.4, -0.2) is 4.98 Å². The normalized spacial score (nSPS) is 10.6. The summed E-state index contributed by atoms with van der Waals surface area (Å²) in [6, 6.07) is 14.6. The van der Waals surface area contributed by atoms with Crippen LogP contribution in [0.4, 0.5) is 11.4 Å². The van der Waals surface area contributed by atoms with E-state index >= 15 is 0 Å². The van der Waals surface area contributed by atoms with Gasteiger partial charge < -0.3 is 5.32 Å². The van der Waals surface area contributed by atoms with Gasteiger partial charge in [-0.1, -0.05) is 28.1 Å². The molecule has 0 radical (unpaired) electrons. The zero-order valence-corrected chi connectivity index (χ0v) is 13.1. The molecule has 0 spiro atoms. The average Bonchev–Trinajstić information content (AvgIpc) is 2.39. The highest BCUT2D eigenvalue weighted by atomic mass is 79.9. The maximum Gasteiger partial charge on any atom is 0.0582 e. The number of halogens is 2. The molecule has 3 rings (SSSR count). The molecule has 3 aromatic rings. The molecular weight excluding hydrogens is 368 g/mol. The van der Waals surface area contributed by atoms with Crippen LogP contribution in [0.3, 0.4) is 0 Å². The third-order valence-electron chi connectivity index (χ3n) is 2.80. The molecule has 1 aromatic heterocycles. The van der Waals surface area contributed by atoms with E-state index in [1.54, 1.807) is 12.4 Å². The quantitative estimate of drug-likeness (QED) is 0.637. The molecule has 0 aliphatic carbocycles. The summed E-state index contributed by atoms with van der Waals surface area (Å²) in [6.45, 7) is 0. The van der Waals surface area contributed by atoms with Gasteiger partial charge in [0, 0.05) is 20.8 Å². The summed E-state index contributed by atoms with van der Waals surface area (Å²) in [6.07, 6.45) is 3.57. The summed E-state index contributed by atoms with van der Waals surface area (Å²) in [5, 5.41) is 5.77. The second kappa shape index (κ2) is 5.31. The highest BCUT2D eigenvalue weighted by Crippen LogP contribution is 2.25. The Bertz CT molecular complexity index is 741. The first kappa shape index (κ1) is 12.6. The zero-order valence-electron chi connectivity index (χ0n) is 9.90. The summed E-state index contributed by atoms with van der Waals surface area (Å²) >= 11 is 6.90. The minimum Gasteiger partial charge on any atom is -0.354 e. The fourth-order valence-corrected chi connectivity index (χ4v) is 2.68. The smallest absolute Gasteiger partial charge is 0.0582 e. The second-order valence-corrected chi connectivity index (χ2v) is 6.05. The topological polar surface area (TPSA) is 24.9 Å². The Labute approximate surface area is 128 Å². The van der Waals surface area contributed by atoms with Crippen molar-refractivity contribution < 1.29 is 0 Å². The fraction of sp³-hybridized carbons (Fsp3) is 0. The van der Waals surface area contributed by atoms with Crippen molar-refractivity contribution in [2.24, 2.45) is 0 Å². The molecule has 0 saturated carbocycles. The van der Waals surface area contributed by atoms with E-state index in [0.717, 1.165) is 20.3 Å². The fourth-order valence-electron chi connectivity index (χ4n) is 1.94. The van der Waals surface area contributed by atoms with Crippen LogP contribution in [0.5, 0.6) is 0 Å². The molecule has 94 valence electrons. The molecule has 1 heterocycles. The van der Waals surface area contributed by atoms with Crippen LogP contribution in [0.2, 0.25) is 0 Å². The molecule has 0 atom stereocenters. The van der Waals surface area contributed by atoms with Gasteiger partial charge in [-0.05, 0) is 57.0 Å². The van der Waals surface area contributed by atoms with Crippen molar-refractivity contribution in [1.82, 2.24) is 4.98 Å². The summed E-state index contributed by atoms with van der Waals surface area (Å²) < 4.78 is 2.05. The molecule has 0 aliphatic rings. The average molecular weight is 378 g/mol. The van der Waals surface area contributed by atoms with Crippen molar-refractivity contribution in [3.63, 3.8) is 0 Å². The van der Waals surface area contributed by atoms with Gasteiger partial charge in [0.25, 0.3) is 0 Å². The van der Waals surface area contributed by atoms with Gasteiger partial charge in [-0.2, -0.15) is 0 Å². The number of nitrogens with zero attached hydrogens (tertiary/aromatic N) is 1. The molecule has 0 aliphatic heterocycles. The van der Waals surface area contributed by atoms with Gasteiger partial charge in [-0.3, -0.25) is 4.98 Å². The van der Waals surface area contributed by atoms with Gasteiger partial charge in [0.05, 0.1) is 11.9 Å². The van der Waals surface area contributed by atoms with Crippen LogP contribution in [0.1, 0.15) is 0 Å². The Kier molecular flexibility index (Phi) is 3.53. The van der Waals surface area contributed by atoms with Crippen LogP contribution in [0.25, 0.3) is 10.8 Å². The lowest BCUT2D eigenvalue weighted by Crippen LogP contribution is -1.91. The standard InChI is InChI=1S/C15H10Br2N2/c16-12-3-1-11-6-14(4-2-10(11)5-12)19-15-7-13(17)8-18-9-15/h1-9,19H. The number of hydrogen-bond acceptors (Lipinski definition) is 2. The van der Waals surface area contributed by atoms with E-state index < -0.39 is 0 Å². The first-order valence-electron chi connectivity index (χ1n) is 5.78. The second-order valence-electron chi connectivity index (χ2n) is 4.22. The van der Waals surface area contributed by atoms with Gasteiger partial charge >= 0.3 is 0 Å². The summed E-state index contributed by atoms with van der Waals surface area (Å²) in [5.74, 6) is 0. The molecule has 0 bridgehead atoms. The Morgan fingerprint density at radius 2 is 1.53 bits per heavy atom. The predicted molar refractivity (Wildman–Crippen MR) is 86.9 cm³/mol. The number of pyridine rings is 1. The largest absolute Gasteiger partial charge is 0.354 e. The van der Waals surface area contributed by atoms with Gasteiger partial charge in [0.1, 0.15) is 0 Å². The lowest BCUT2D eigenvalue weighted by Gasteiger charge is -2.08. The maximum absolute atomic E-state index is 4.14. The number of rotatable bonds is 2. The molecule has 2 aromatic carbocycles. The van der Waals surface area contributed by atoms with Gasteiger partial charge in [-0.15, -0.1) is 0 Å². The van der Waals surface area contributed by atoms with Crippen LogP contribution in [0, 0.1) is 0 Å². The van der Waals surface area contributed by atoms with Crippen molar-refractivity contribution in [3.8, 4) is 0 Å². The third kappa shape index (κ3) is 2.96. The van der Waals surface area contributed by atoms with E-state index in [1.807, 2.05) is 12.1 Å². The first-order valence-corrected chi connectivity index (χ1v) is 7.36. The van der Waals surface area contributed by atoms with E-state index in [-0.39, 0.29) is 0 Å². The van der Waals surface area contributed by atoms with Crippen LogP contribution < -0.4 is 5.32 Å². The minimum absolute atomic E-state index is 0.960. The number of fused-ring (bicyclic) bond motifs is 1. The third-order valence-corrected chi connectivity index (χ3v) is 3.72. The van der Waals surface area contributed by atoms with Crippen molar-refractivity contribution >= 4 is 54.0 Å². The maximum atomic E-state index is 4.14. The molecule has 4 heteroatoms. The molecule has 19 heavy (non-hydrogen) atoms. The SMILES string of the molecule is Brc1cncc(Nc2ccc3cc(Br)ccc3c2)c1. The molecule has 0 unspecified atom stereocenters. The van der Waals surface area contributed by atoms with E-state index in [9.17, 15) is 0 Å². The molecule has 0 amide bonds. The molecular formula is C15H10Br2N2. The van der Waals surface area contributed by atoms with Crippen LogP contribution in [-0.2, 0) is 0 Å². The first-order chi connectivity index (χ1) is 9.20. The van der Waals surface area contributed by atoms with Crippen molar-refractivity contribution in [1.29, 1.82) is 0 Å². The van der Waals surface area contributed by atoms with E-state index in [4.69, 9.17) is 0 Å². The van der Waals surface area contributed by atoms with Crippen molar-refractivity contribution in [2.75, 3.05) is 5.32 Å². The monoisotopic (exact) mass is 376 g/mol. The zero-order chi connectivity index (χ0) is 13.2. The summed E-state index contributed by atoms with van der Waals surface area (Å²) in [4.78, 5) is 4.14. The lowest BCUT2D eigenvalue weighted by molar-refractivity contribution is 1.30. The predicted octanol–water partition coefficient (Wildman–Crippen LogP) is 5.50. The molecule has 1 N–H and O–H groups in total. The number of benzene rings is 2. The molecule has 2 nitrogen and oxygen atoms in total. The van der Waals surface area contributed by atoms with Gasteiger partial charge in [-0.25, -0.2) is 0 Å². The van der Waals surface area contributed by atoms with Crippen LogP contribution in [0.15, 0.2) is 63.8 Å². The number of aromatic nitrogens is 1. The Balaban J connectivity index is 1.95. The highest BCUT2D eigenvalue weighted by Gasteiger charge is 1.99. The number of hydrogen-bond donors (Lipinski definition) is 1. The Morgan fingerprint density at radius 1 is 0.737 bits per heavy atom. The van der Waals surface area contributed by atoms with E-state index in [0.29, 0.717) is 0 Å². The minimum atomic E-state index is 0.960. The Hall–Kier alpha value is -1.39. The van der Waals surface area contributed by atoms with E-state index in [2.05, 4.69) is 72.5 Å². The van der Waals surface area contributed by atoms with Gasteiger partial charge in [0.15, 0.2) is 0 Å². The molecule has 0 fully saturated rings. The number of nitrogens with one attached hydrogen (secondary N) is 1. The summed E-state index contributed by atoms with van der Waals surface area (Å²) in [5.41, 5.74) is 2.01. The van der Waals surface area contributed by atoms with E-state index in [1.165, 1.54) is 10.8 Å². The number of anilines is 2. The van der Waals surface area contributed by atoms with Crippen molar-refractivity contribution in [2.45, 2.75) is 0 Å². The Morgan fingerprint density at radius 3 is 2.37 bits per heavy atom. The lowest BCUT2D eigenvalue weighted by atomic mass is 10.1. The summed E-state index contributed by atoms with van der Waals surface area (Å²) in [7, 11) is 0. The highest BCUT2D eigenvalue weighted by molar-refractivity contribution is 9.10. The molecule has 0 saturated heterocycles. The van der Waals surface area contributed by atoms with Crippen molar-refractivity contribution in [3.05, 3.63) is 63.8 Å². The van der Waals surface area contributed by atoms with Gasteiger partial charge in [0.2, 0.25) is 0 Å². The van der Waals surface area contributed by atoms with Crippen LogP contribution >= 0.6 is 31.9 Å².